The number of sulfonamides is 1. The van der Waals surface area contributed by atoms with Crippen molar-refractivity contribution in [3.63, 3.8) is 0 Å². The molecule has 0 radical (unpaired) electrons. The van der Waals surface area contributed by atoms with Crippen LogP contribution in [0.15, 0.2) is 27.6 Å². The van der Waals surface area contributed by atoms with Crippen LogP contribution in [0.2, 0.25) is 5.02 Å². The van der Waals surface area contributed by atoms with E-state index < -0.39 is 10.0 Å². The van der Waals surface area contributed by atoms with Crippen LogP contribution in [0.5, 0.6) is 0 Å². The Balaban J connectivity index is 2.76. The van der Waals surface area contributed by atoms with E-state index in [1.165, 1.54) is 6.07 Å². The number of hydrogen-bond donors (Lipinski definition) is 1. The Kier molecular flexibility index (Phi) is 6.54. The van der Waals surface area contributed by atoms with Crippen LogP contribution < -0.4 is 4.72 Å². The van der Waals surface area contributed by atoms with Crippen molar-refractivity contribution in [3.05, 3.63) is 27.7 Å². The van der Waals surface area contributed by atoms with Gasteiger partial charge in [-0.2, -0.15) is 0 Å². The van der Waals surface area contributed by atoms with Crippen LogP contribution in [0.25, 0.3) is 0 Å². The van der Waals surface area contributed by atoms with Gasteiger partial charge in [-0.15, -0.1) is 0 Å². The van der Waals surface area contributed by atoms with Gasteiger partial charge in [0.1, 0.15) is 4.90 Å². The van der Waals surface area contributed by atoms with E-state index in [0.29, 0.717) is 6.54 Å². The van der Waals surface area contributed by atoms with E-state index in [9.17, 15) is 8.42 Å². The number of alkyl halides is 1. The normalized spacial score (nSPS) is 14.3. The van der Waals surface area contributed by atoms with E-state index in [1.54, 1.807) is 12.1 Å². The predicted octanol–water partition coefficient (Wildman–Crippen LogP) is 4.58. The van der Waals surface area contributed by atoms with E-state index in [2.05, 4.69) is 57.4 Å². The minimum Gasteiger partial charge on any atom is -0.210 e. The molecule has 3 nitrogen and oxygen atoms in total. The Bertz CT molecular complexity index is 570. The average molecular weight is 448 g/mol. The summed E-state index contributed by atoms with van der Waals surface area (Å²) in [7, 11) is -3.59. The first-order chi connectivity index (χ1) is 9.01. The van der Waals surface area contributed by atoms with Gasteiger partial charge in [-0.3, -0.25) is 0 Å². The average Bonchev–Trinajstić information content (AvgIpc) is 2.23. The number of nitrogens with one attached hydrogen (secondary N) is 1. The molecule has 20 heavy (non-hydrogen) atoms. The lowest BCUT2D eigenvalue weighted by Gasteiger charge is -2.22. The van der Waals surface area contributed by atoms with Crippen LogP contribution in [-0.2, 0) is 10.0 Å². The van der Waals surface area contributed by atoms with E-state index in [0.717, 1.165) is 10.9 Å². The zero-order valence-electron chi connectivity index (χ0n) is 11.6. The molecule has 0 fully saturated rings. The number of hydrogen-bond acceptors (Lipinski definition) is 2. The monoisotopic (exact) mass is 445 g/mol. The Hall–Kier alpha value is 0.380. The molecule has 1 rings (SSSR count). The summed E-state index contributed by atoms with van der Waals surface area (Å²) in [4.78, 5) is 0.171. The van der Waals surface area contributed by atoms with Crippen molar-refractivity contribution in [1.82, 2.24) is 4.72 Å². The molecule has 1 aromatic rings. The standard InChI is InChI=1S/C13H18Br2ClNO2S/c1-13(2,3)7-10(15)8-17-20(18,19)12-5-4-9(14)6-11(12)16/h4-6,10,17H,7-8H2,1-3H3. The smallest absolute Gasteiger partial charge is 0.210 e. The van der Waals surface area contributed by atoms with Gasteiger partial charge in [0.25, 0.3) is 0 Å². The lowest BCUT2D eigenvalue weighted by molar-refractivity contribution is 0.373. The first kappa shape index (κ1) is 18.4. The van der Waals surface area contributed by atoms with E-state index in [1.807, 2.05) is 0 Å². The van der Waals surface area contributed by atoms with Crippen LogP contribution in [0.1, 0.15) is 27.2 Å². The fourth-order valence-corrected chi connectivity index (χ4v) is 5.17. The number of rotatable bonds is 5. The summed E-state index contributed by atoms with van der Waals surface area (Å²) < 4.78 is 27.7. The highest BCUT2D eigenvalue weighted by Crippen LogP contribution is 2.26. The van der Waals surface area contributed by atoms with Crippen LogP contribution in [-0.4, -0.2) is 19.8 Å². The first-order valence-electron chi connectivity index (χ1n) is 6.10. The lowest BCUT2D eigenvalue weighted by atomic mass is 9.91. The van der Waals surface area contributed by atoms with Crippen LogP contribution in [0.4, 0.5) is 0 Å². The van der Waals surface area contributed by atoms with Gasteiger partial charge in [0.2, 0.25) is 10.0 Å². The highest BCUT2D eigenvalue weighted by Gasteiger charge is 2.21. The minimum atomic E-state index is -3.59. The van der Waals surface area contributed by atoms with Crippen molar-refractivity contribution in [1.29, 1.82) is 0 Å². The summed E-state index contributed by atoms with van der Waals surface area (Å²) in [6.07, 6.45) is 0.865. The second-order valence-corrected chi connectivity index (χ2v) is 10.1. The molecule has 7 heteroatoms. The van der Waals surface area contributed by atoms with Crippen molar-refractivity contribution in [2.24, 2.45) is 5.41 Å². The molecule has 0 spiro atoms. The van der Waals surface area contributed by atoms with Crippen LogP contribution in [0, 0.1) is 5.41 Å². The Morgan fingerprint density at radius 3 is 2.45 bits per heavy atom. The van der Waals surface area contributed by atoms with Crippen molar-refractivity contribution in [2.75, 3.05) is 6.54 Å². The molecular formula is C13H18Br2ClNO2S. The maximum Gasteiger partial charge on any atom is 0.242 e. The molecule has 114 valence electrons. The summed E-state index contributed by atoms with van der Waals surface area (Å²) in [6, 6.07) is 4.71. The molecule has 1 N–H and O–H groups in total. The van der Waals surface area contributed by atoms with Gasteiger partial charge in [0.15, 0.2) is 0 Å². The van der Waals surface area contributed by atoms with Crippen molar-refractivity contribution < 1.29 is 8.42 Å². The molecular weight excluding hydrogens is 429 g/mol. The summed E-state index contributed by atoms with van der Waals surface area (Å²) >= 11 is 12.7. The third kappa shape index (κ3) is 6.02. The molecule has 0 heterocycles. The maximum absolute atomic E-state index is 12.2. The fourth-order valence-electron chi connectivity index (χ4n) is 1.71. The molecule has 1 unspecified atom stereocenters. The van der Waals surface area contributed by atoms with Crippen molar-refractivity contribution in [2.45, 2.75) is 36.9 Å². The predicted molar refractivity (Wildman–Crippen MR) is 91.1 cm³/mol. The zero-order valence-corrected chi connectivity index (χ0v) is 16.3. The highest BCUT2D eigenvalue weighted by molar-refractivity contribution is 9.10. The van der Waals surface area contributed by atoms with E-state index in [4.69, 9.17) is 11.6 Å². The van der Waals surface area contributed by atoms with Gasteiger partial charge in [0.05, 0.1) is 5.02 Å². The highest BCUT2D eigenvalue weighted by atomic mass is 79.9. The Labute approximate surface area is 142 Å². The van der Waals surface area contributed by atoms with Gasteiger partial charge < -0.3 is 0 Å². The molecule has 0 saturated heterocycles. The molecule has 1 atom stereocenters. The minimum absolute atomic E-state index is 0.0755. The summed E-state index contributed by atoms with van der Waals surface area (Å²) in [5.41, 5.74) is 0.134. The Morgan fingerprint density at radius 1 is 1.35 bits per heavy atom. The maximum atomic E-state index is 12.2. The molecule has 0 aromatic heterocycles. The largest absolute Gasteiger partial charge is 0.242 e. The lowest BCUT2D eigenvalue weighted by Crippen LogP contribution is -2.31. The van der Waals surface area contributed by atoms with E-state index in [-0.39, 0.29) is 20.2 Å². The molecule has 0 bridgehead atoms. The fraction of sp³-hybridized carbons (Fsp3) is 0.538. The third-order valence-electron chi connectivity index (χ3n) is 2.51. The molecule has 0 aliphatic rings. The van der Waals surface area contributed by atoms with Gasteiger partial charge in [-0.25, -0.2) is 13.1 Å². The topological polar surface area (TPSA) is 46.2 Å². The molecule has 0 saturated carbocycles. The second kappa shape index (κ2) is 7.09. The van der Waals surface area contributed by atoms with Gasteiger partial charge >= 0.3 is 0 Å². The van der Waals surface area contributed by atoms with Gasteiger partial charge in [-0.1, -0.05) is 64.2 Å². The molecule has 0 aliphatic carbocycles. The molecule has 0 amide bonds. The summed E-state index contributed by atoms with van der Waals surface area (Å²) in [5.74, 6) is 0. The molecule has 0 aliphatic heterocycles. The first-order valence-corrected chi connectivity index (χ1v) is 9.67. The Morgan fingerprint density at radius 2 is 1.95 bits per heavy atom. The third-order valence-corrected chi connectivity index (χ3v) is 5.56. The second-order valence-electron chi connectivity index (χ2n) is 5.79. The number of benzene rings is 1. The summed E-state index contributed by atoms with van der Waals surface area (Å²) in [5, 5.41) is 0.203. The quantitative estimate of drug-likeness (QED) is 0.672. The van der Waals surface area contributed by atoms with Gasteiger partial charge in [0, 0.05) is 15.8 Å². The van der Waals surface area contributed by atoms with Crippen LogP contribution >= 0.6 is 43.5 Å². The summed E-state index contributed by atoms with van der Waals surface area (Å²) in [6.45, 7) is 6.66. The SMILES string of the molecule is CC(C)(C)CC(Br)CNS(=O)(=O)c1ccc(Br)cc1Cl. The van der Waals surface area contributed by atoms with Crippen molar-refractivity contribution in [3.8, 4) is 0 Å². The van der Waals surface area contributed by atoms with Crippen LogP contribution in [0.3, 0.4) is 0 Å². The zero-order chi connectivity index (χ0) is 15.6. The van der Waals surface area contributed by atoms with Gasteiger partial charge in [-0.05, 0) is 30.0 Å². The molecule has 1 aromatic carbocycles. The van der Waals surface area contributed by atoms with Crippen molar-refractivity contribution >= 4 is 53.5 Å². The van der Waals surface area contributed by atoms with E-state index >= 15 is 0 Å². The number of halogens is 3.